The van der Waals surface area contributed by atoms with Crippen molar-refractivity contribution >= 4 is 11.6 Å². The molecule has 0 aliphatic rings. The number of nitrogens with two attached hydrogens (primary N) is 1. The van der Waals surface area contributed by atoms with Crippen molar-refractivity contribution in [3.8, 4) is 0 Å². The molecule has 0 aliphatic heterocycles. The van der Waals surface area contributed by atoms with E-state index in [0.717, 1.165) is 17.7 Å². The Morgan fingerprint density at radius 3 is 2.32 bits per heavy atom. The Bertz CT molecular complexity index is 628. The highest BCUT2D eigenvalue weighted by atomic mass is 35.5. The lowest BCUT2D eigenvalue weighted by Crippen LogP contribution is -2.14. The fourth-order valence-corrected chi connectivity index (χ4v) is 2.16. The number of benzene rings is 2. The zero-order valence-electron chi connectivity index (χ0n) is 10.1. The number of halogens is 4. The summed E-state index contributed by atoms with van der Waals surface area (Å²) in [7, 11) is 0. The average Bonchev–Trinajstić information content (AvgIpc) is 2.36. The molecule has 0 heterocycles. The van der Waals surface area contributed by atoms with Crippen LogP contribution < -0.4 is 5.73 Å². The van der Waals surface area contributed by atoms with Gasteiger partial charge in [-0.2, -0.15) is 0 Å². The lowest BCUT2D eigenvalue weighted by atomic mass is 9.95. The molecule has 0 aliphatic carbocycles. The van der Waals surface area contributed by atoms with E-state index >= 15 is 0 Å². The Kier molecular flexibility index (Phi) is 3.83. The van der Waals surface area contributed by atoms with E-state index in [1.807, 2.05) is 0 Å². The molecule has 5 heteroatoms. The normalized spacial score (nSPS) is 12.5. The maximum Gasteiger partial charge on any atom is 0.160 e. The second kappa shape index (κ2) is 5.23. The summed E-state index contributed by atoms with van der Waals surface area (Å²) in [5.41, 5.74) is 7.41. The van der Waals surface area contributed by atoms with Crippen molar-refractivity contribution in [1.82, 2.24) is 0 Å². The van der Waals surface area contributed by atoms with Crippen LogP contribution in [0.2, 0.25) is 5.02 Å². The molecule has 1 unspecified atom stereocenters. The first kappa shape index (κ1) is 13.9. The molecule has 0 saturated carbocycles. The van der Waals surface area contributed by atoms with Crippen molar-refractivity contribution in [2.75, 3.05) is 0 Å². The van der Waals surface area contributed by atoms with Crippen molar-refractivity contribution in [1.29, 1.82) is 0 Å². The molecule has 2 rings (SSSR count). The average molecular weight is 286 g/mol. The van der Waals surface area contributed by atoms with E-state index in [0.29, 0.717) is 5.56 Å². The van der Waals surface area contributed by atoms with Crippen molar-refractivity contribution in [2.24, 2.45) is 5.73 Å². The largest absolute Gasteiger partial charge is 0.320 e. The van der Waals surface area contributed by atoms with Crippen LogP contribution in [0, 0.1) is 24.4 Å². The van der Waals surface area contributed by atoms with E-state index in [4.69, 9.17) is 17.3 Å². The van der Waals surface area contributed by atoms with Gasteiger partial charge in [-0.05, 0) is 47.9 Å². The summed E-state index contributed by atoms with van der Waals surface area (Å²) < 4.78 is 39.5. The predicted molar refractivity (Wildman–Crippen MR) is 68.5 cm³/mol. The maximum absolute atomic E-state index is 13.3. The zero-order valence-corrected chi connectivity index (χ0v) is 10.8. The van der Waals surface area contributed by atoms with Crippen molar-refractivity contribution < 1.29 is 13.2 Å². The van der Waals surface area contributed by atoms with Gasteiger partial charge in [0.1, 0.15) is 5.82 Å². The lowest BCUT2D eigenvalue weighted by molar-refractivity contribution is 0.506. The Labute approximate surface area is 113 Å². The van der Waals surface area contributed by atoms with Gasteiger partial charge in [-0.15, -0.1) is 0 Å². The Hall–Kier alpha value is -1.52. The highest BCUT2D eigenvalue weighted by Crippen LogP contribution is 2.30. The fraction of sp³-hybridized carbons (Fsp3) is 0.143. The second-order valence-electron chi connectivity index (χ2n) is 4.27. The van der Waals surface area contributed by atoms with Crippen LogP contribution in [-0.2, 0) is 0 Å². The number of rotatable bonds is 2. The van der Waals surface area contributed by atoms with Crippen LogP contribution in [0.1, 0.15) is 22.7 Å². The molecule has 0 aromatic heterocycles. The highest BCUT2D eigenvalue weighted by molar-refractivity contribution is 6.31. The van der Waals surface area contributed by atoms with E-state index in [-0.39, 0.29) is 10.6 Å². The molecular weight excluding hydrogens is 275 g/mol. The molecule has 0 spiro atoms. The Morgan fingerprint density at radius 1 is 1.00 bits per heavy atom. The Balaban J connectivity index is 2.52. The van der Waals surface area contributed by atoms with Gasteiger partial charge in [0.15, 0.2) is 11.6 Å². The number of hydrogen-bond donors (Lipinski definition) is 1. The molecule has 2 aromatic rings. The van der Waals surface area contributed by atoms with Crippen LogP contribution in [0.5, 0.6) is 0 Å². The first-order valence-electron chi connectivity index (χ1n) is 5.56. The van der Waals surface area contributed by atoms with Crippen molar-refractivity contribution in [2.45, 2.75) is 13.0 Å². The molecule has 0 saturated heterocycles. The van der Waals surface area contributed by atoms with Crippen LogP contribution in [-0.4, -0.2) is 0 Å². The summed E-state index contributed by atoms with van der Waals surface area (Å²) in [4.78, 5) is 0. The molecule has 100 valence electrons. The molecule has 2 N–H and O–H groups in total. The molecule has 19 heavy (non-hydrogen) atoms. The summed E-state index contributed by atoms with van der Waals surface area (Å²) in [6, 6.07) is 5.11. The second-order valence-corrected chi connectivity index (χ2v) is 4.67. The Morgan fingerprint density at radius 2 is 1.63 bits per heavy atom. The smallest absolute Gasteiger partial charge is 0.160 e. The minimum atomic E-state index is -1.04. The van der Waals surface area contributed by atoms with Crippen molar-refractivity contribution in [3.05, 3.63) is 69.5 Å². The topological polar surface area (TPSA) is 26.0 Å². The van der Waals surface area contributed by atoms with Gasteiger partial charge in [0, 0.05) is 5.02 Å². The first-order chi connectivity index (χ1) is 8.90. The van der Waals surface area contributed by atoms with Gasteiger partial charge in [0.25, 0.3) is 0 Å². The molecule has 2 aromatic carbocycles. The predicted octanol–water partition coefficient (Wildman–Crippen LogP) is 4.11. The van der Waals surface area contributed by atoms with E-state index < -0.39 is 23.5 Å². The quantitative estimate of drug-likeness (QED) is 0.826. The van der Waals surface area contributed by atoms with E-state index in [1.54, 1.807) is 13.0 Å². The molecular formula is C14H11ClF3N. The summed E-state index contributed by atoms with van der Waals surface area (Å²) >= 11 is 5.86. The van der Waals surface area contributed by atoms with Gasteiger partial charge in [-0.1, -0.05) is 17.7 Å². The minimum absolute atomic E-state index is 0.00932. The lowest BCUT2D eigenvalue weighted by Gasteiger charge is -2.17. The van der Waals surface area contributed by atoms with Gasteiger partial charge in [-0.25, -0.2) is 13.2 Å². The maximum atomic E-state index is 13.3. The van der Waals surface area contributed by atoms with E-state index in [1.165, 1.54) is 12.1 Å². The SMILES string of the molecule is Cc1ccc(F)cc1C(N)c1cc(F)c(F)cc1Cl. The minimum Gasteiger partial charge on any atom is -0.320 e. The van der Waals surface area contributed by atoms with Crippen LogP contribution in [0.3, 0.4) is 0 Å². The standard InChI is InChI=1S/C14H11ClF3N/c1-7-2-3-8(16)4-9(7)14(19)10-5-12(17)13(18)6-11(10)15/h2-6,14H,19H2,1H3. The van der Waals surface area contributed by atoms with Gasteiger partial charge >= 0.3 is 0 Å². The third kappa shape index (κ3) is 2.74. The molecule has 0 bridgehead atoms. The molecule has 0 fully saturated rings. The summed E-state index contributed by atoms with van der Waals surface area (Å²) in [5.74, 6) is -2.53. The molecule has 0 radical (unpaired) electrons. The van der Waals surface area contributed by atoms with Gasteiger partial charge in [-0.3, -0.25) is 0 Å². The third-order valence-corrected chi connectivity index (χ3v) is 3.28. The summed E-state index contributed by atoms with van der Waals surface area (Å²) in [6.07, 6.45) is 0. The monoisotopic (exact) mass is 285 g/mol. The van der Waals surface area contributed by atoms with Gasteiger partial charge in [0.05, 0.1) is 6.04 Å². The zero-order chi connectivity index (χ0) is 14.2. The van der Waals surface area contributed by atoms with Crippen LogP contribution in [0.25, 0.3) is 0 Å². The van der Waals surface area contributed by atoms with Crippen LogP contribution in [0.4, 0.5) is 13.2 Å². The number of hydrogen-bond acceptors (Lipinski definition) is 1. The fourth-order valence-electron chi connectivity index (χ4n) is 1.89. The molecule has 0 amide bonds. The van der Waals surface area contributed by atoms with Crippen LogP contribution in [0.15, 0.2) is 30.3 Å². The summed E-state index contributed by atoms with van der Waals surface area (Å²) in [5, 5.41) is 0.00932. The first-order valence-corrected chi connectivity index (χ1v) is 5.94. The van der Waals surface area contributed by atoms with E-state index in [2.05, 4.69) is 0 Å². The van der Waals surface area contributed by atoms with Crippen molar-refractivity contribution in [3.63, 3.8) is 0 Å². The highest BCUT2D eigenvalue weighted by Gasteiger charge is 2.18. The van der Waals surface area contributed by atoms with Gasteiger partial charge < -0.3 is 5.73 Å². The van der Waals surface area contributed by atoms with Gasteiger partial charge in [0.2, 0.25) is 0 Å². The number of aryl methyl sites for hydroxylation is 1. The van der Waals surface area contributed by atoms with Crippen LogP contribution >= 0.6 is 11.6 Å². The third-order valence-electron chi connectivity index (χ3n) is 2.95. The molecule has 1 atom stereocenters. The molecule has 1 nitrogen and oxygen atoms in total. The summed E-state index contributed by atoms with van der Waals surface area (Å²) in [6.45, 7) is 1.75. The van der Waals surface area contributed by atoms with E-state index in [9.17, 15) is 13.2 Å².